The fourth-order valence-corrected chi connectivity index (χ4v) is 1.14. The number of nitrogens with zero attached hydrogens (tertiary/aromatic N) is 2. The molecule has 14 heavy (non-hydrogen) atoms. The van der Waals surface area contributed by atoms with Crippen LogP contribution in [0.1, 0.15) is 0 Å². The van der Waals surface area contributed by atoms with Crippen molar-refractivity contribution >= 4 is 0 Å². The third-order valence-corrected chi connectivity index (χ3v) is 1.73. The van der Waals surface area contributed by atoms with E-state index in [4.69, 9.17) is 0 Å². The molecule has 0 bridgehead atoms. The van der Waals surface area contributed by atoms with Crippen LogP contribution in [-0.4, -0.2) is 30.7 Å². The minimum Gasteiger partial charge on any atom is -0.276 e. The van der Waals surface area contributed by atoms with Gasteiger partial charge < -0.3 is 0 Å². The van der Waals surface area contributed by atoms with E-state index in [1.165, 1.54) is 0 Å². The summed E-state index contributed by atoms with van der Waals surface area (Å²) in [5.74, 6) is 0. The van der Waals surface area contributed by atoms with Crippen LogP contribution in [0.3, 0.4) is 0 Å². The number of rotatable bonds is 9. The van der Waals surface area contributed by atoms with Gasteiger partial charge in [0.1, 0.15) is 0 Å². The average Bonchev–Trinajstić information content (AvgIpc) is 2.19. The van der Waals surface area contributed by atoms with Gasteiger partial charge in [-0.15, -0.1) is 26.3 Å². The summed E-state index contributed by atoms with van der Waals surface area (Å²) in [7, 11) is 0. The van der Waals surface area contributed by atoms with Crippen molar-refractivity contribution in [3.63, 3.8) is 0 Å². The quantitative estimate of drug-likeness (QED) is 0.509. The van der Waals surface area contributed by atoms with Crippen LogP contribution in [0.2, 0.25) is 0 Å². The van der Waals surface area contributed by atoms with Gasteiger partial charge in [-0.1, -0.05) is 24.3 Å². The van der Waals surface area contributed by atoms with Gasteiger partial charge in [0.05, 0.1) is 6.17 Å². The molecular weight excluding hydrogens is 172 g/mol. The lowest BCUT2D eigenvalue weighted by molar-refractivity contribution is 0.245. The van der Waals surface area contributed by atoms with Crippen molar-refractivity contribution in [2.75, 3.05) is 19.6 Å². The predicted octanol–water partition coefficient (Wildman–Crippen LogP) is 1.96. The van der Waals surface area contributed by atoms with E-state index < -0.39 is 0 Å². The molecule has 1 unspecified atom stereocenters. The molecule has 2 nitrogen and oxygen atoms in total. The molecule has 0 amide bonds. The van der Waals surface area contributed by atoms with E-state index in [0.717, 1.165) is 13.1 Å². The van der Waals surface area contributed by atoms with Crippen LogP contribution in [0.4, 0.5) is 0 Å². The maximum Gasteiger partial charge on any atom is 0.0956 e. The Balaban J connectivity index is 4.22. The van der Waals surface area contributed by atoms with Crippen molar-refractivity contribution in [3.05, 3.63) is 50.6 Å². The smallest absolute Gasteiger partial charge is 0.0956 e. The molecule has 0 N–H and O–H groups in total. The van der Waals surface area contributed by atoms with Crippen molar-refractivity contribution < 1.29 is 0 Å². The van der Waals surface area contributed by atoms with Crippen LogP contribution in [0.5, 0.6) is 0 Å². The van der Waals surface area contributed by atoms with Crippen molar-refractivity contribution in [2.24, 2.45) is 0 Å². The maximum atomic E-state index is 4.39. The Labute approximate surface area is 87.3 Å². The third kappa shape index (κ3) is 4.80. The first-order chi connectivity index (χ1) is 6.79. The van der Waals surface area contributed by atoms with Gasteiger partial charge in [0.2, 0.25) is 0 Å². The molecule has 0 heterocycles. The molecule has 1 atom stereocenters. The number of hydrogen-bond donors (Lipinski definition) is 0. The molecule has 0 aliphatic heterocycles. The molecular formula is C12H19N2. The van der Waals surface area contributed by atoms with E-state index in [9.17, 15) is 0 Å². The van der Waals surface area contributed by atoms with Crippen LogP contribution >= 0.6 is 0 Å². The van der Waals surface area contributed by atoms with Crippen LogP contribution in [0.25, 0.3) is 0 Å². The fourth-order valence-electron chi connectivity index (χ4n) is 1.14. The topological polar surface area (TPSA) is 17.3 Å². The third-order valence-electron chi connectivity index (χ3n) is 1.73. The zero-order valence-electron chi connectivity index (χ0n) is 8.73. The molecule has 1 radical (unpaired) electrons. The summed E-state index contributed by atoms with van der Waals surface area (Å²) in [6.45, 7) is 17.0. The Morgan fingerprint density at radius 1 is 1.00 bits per heavy atom. The SMILES string of the molecule is C=CC[N]C(C=C)N(CC=C)CC=C. The van der Waals surface area contributed by atoms with Crippen molar-refractivity contribution in [1.29, 1.82) is 0 Å². The molecule has 0 spiro atoms. The maximum absolute atomic E-state index is 4.39. The highest BCUT2D eigenvalue weighted by Crippen LogP contribution is 1.99. The monoisotopic (exact) mass is 191 g/mol. The summed E-state index contributed by atoms with van der Waals surface area (Å²) in [5, 5.41) is 4.39. The van der Waals surface area contributed by atoms with Crippen LogP contribution in [0.15, 0.2) is 50.6 Å². The molecule has 0 aromatic heterocycles. The normalized spacial score (nSPS) is 12.1. The van der Waals surface area contributed by atoms with Gasteiger partial charge in [-0.3, -0.25) is 4.90 Å². The fraction of sp³-hybridized carbons (Fsp3) is 0.333. The Hall–Kier alpha value is -1.12. The van der Waals surface area contributed by atoms with Gasteiger partial charge in [0, 0.05) is 19.6 Å². The van der Waals surface area contributed by atoms with Gasteiger partial charge in [-0.25, -0.2) is 5.32 Å². The number of hydrogen-bond acceptors (Lipinski definition) is 1. The highest BCUT2D eigenvalue weighted by atomic mass is 15.3. The summed E-state index contributed by atoms with van der Waals surface area (Å²) >= 11 is 0. The van der Waals surface area contributed by atoms with Gasteiger partial charge in [-0.05, 0) is 0 Å². The van der Waals surface area contributed by atoms with E-state index >= 15 is 0 Å². The summed E-state index contributed by atoms with van der Waals surface area (Å²) in [6, 6.07) is 0. The average molecular weight is 191 g/mol. The van der Waals surface area contributed by atoms with E-state index in [1.54, 1.807) is 6.08 Å². The molecule has 0 saturated carbocycles. The van der Waals surface area contributed by atoms with Gasteiger partial charge >= 0.3 is 0 Å². The molecule has 0 rings (SSSR count). The molecule has 0 saturated heterocycles. The van der Waals surface area contributed by atoms with Crippen LogP contribution < -0.4 is 5.32 Å². The Kier molecular flexibility index (Phi) is 7.80. The lowest BCUT2D eigenvalue weighted by atomic mass is 10.3. The van der Waals surface area contributed by atoms with Crippen molar-refractivity contribution in [2.45, 2.75) is 6.17 Å². The lowest BCUT2D eigenvalue weighted by Gasteiger charge is -2.26. The first-order valence-corrected chi connectivity index (χ1v) is 4.66. The van der Waals surface area contributed by atoms with Crippen molar-refractivity contribution in [3.8, 4) is 0 Å². The Bertz CT molecular complexity index is 186. The standard InChI is InChI=1S/C12H19N2/c1-5-9-13-12(8-4)14(10-6-2)11-7-3/h5-8,12H,1-4,9-11H2. The van der Waals surface area contributed by atoms with E-state index in [1.807, 2.05) is 18.2 Å². The van der Waals surface area contributed by atoms with E-state index in [0.29, 0.717) is 6.54 Å². The summed E-state index contributed by atoms with van der Waals surface area (Å²) in [4.78, 5) is 2.12. The lowest BCUT2D eigenvalue weighted by Crippen LogP contribution is -2.40. The first-order valence-electron chi connectivity index (χ1n) is 4.66. The molecule has 0 aliphatic rings. The molecule has 0 aromatic carbocycles. The second-order valence-corrected chi connectivity index (χ2v) is 2.83. The second kappa shape index (κ2) is 8.48. The minimum absolute atomic E-state index is 0.0176. The minimum atomic E-state index is 0.0176. The van der Waals surface area contributed by atoms with E-state index in [2.05, 4.69) is 36.5 Å². The zero-order chi connectivity index (χ0) is 10.8. The van der Waals surface area contributed by atoms with Crippen LogP contribution in [-0.2, 0) is 0 Å². The van der Waals surface area contributed by atoms with E-state index in [-0.39, 0.29) is 6.17 Å². The van der Waals surface area contributed by atoms with Crippen LogP contribution in [0, 0.1) is 0 Å². The summed E-state index contributed by atoms with van der Waals surface area (Å²) in [6.07, 6.45) is 7.31. The summed E-state index contributed by atoms with van der Waals surface area (Å²) in [5.41, 5.74) is 0. The Morgan fingerprint density at radius 3 is 1.93 bits per heavy atom. The highest BCUT2D eigenvalue weighted by molar-refractivity contribution is 4.92. The Morgan fingerprint density at radius 2 is 1.57 bits per heavy atom. The predicted molar refractivity (Wildman–Crippen MR) is 63.2 cm³/mol. The second-order valence-electron chi connectivity index (χ2n) is 2.83. The molecule has 0 aliphatic carbocycles. The van der Waals surface area contributed by atoms with Gasteiger partial charge in [0.25, 0.3) is 0 Å². The molecule has 2 heteroatoms. The highest BCUT2D eigenvalue weighted by Gasteiger charge is 2.11. The largest absolute Gasteiger partial charge is 0.276 e. The first kappa shape index (κ1) is 12.9. The zero-order valence-corrected chi connectivity index (χ0v) is 8.73. The van der Waals surface area contributed by atoms with Gasteiger partial charge in [0.15, 0.2) is 0 Å². The van der Waals surface area contributed by atoms with Crippen molar-refractivity contribution in [1.82, 2.24) is 10.2 Å². The summed E-state index contributed by atoms with van der Waals surface area (Å²) < 4.78 is 0. The molecule has 0 aromatic rings. The molecule has 0 fully saturated rings. The van der Waals surface area contributed by atoms with Gasteiger partial charge in [-0.2, -0.15) is 0 Å². The molecule has 77 valence electrons.